The van der Waals surface area contributed by atoms with E-state index >= 15 is 0 Å². The molecular weight excluding hydrogens is 392 g/mol. The van der Waals surface area contributed by atoms with Crippen molar-refractivity contribution >= 4 is 12.0 Å². The molecule has 0 aromatic heterocycles. The lowest BCUT2D eigenvalue weighted by atomic mass is 9.89. The molecule has 0 bridgehead atoms. The Bertz CT molecular complexity index is 841. The van der Waals surface area contributed by atoms with Crippen molar-refractivity contribution < 1.29 is 19.2 Å². The zero-order valence-electron chi connectivity index (χ0n) is 18.5. The number of nitrogens with zero attached hydrogens (tertiary/aromatic N) is 1. The minimum Gasteiger partial charge on any atom is -0.447 e. The number of hydroxylamine groups is 1. The van der Waals surface area contributed by atoms with Gasteiger partial charge in [0.15, 0.2) is 0 Å². The summed E-state index contributed by atoms with van der Waals surface area (Å²) in [6.07, 6.45) is 0.667. The molecule has 0 saturated carbocycles. The molecule has 1 N–H and O–H groups in total. The van der Waals surface area contributed by atoms with Gasteiger partial charge in [-0.3, -0.25) is 9.63 Å². The molecular formula is C25H32N2O4. The Morgan fingerprint density at radius 3 is 2.29 bits per heavy atom. The maximum Gasteiger partial charge on any atom is 0.416 e. The molecule has 6 nitrogen and oxygen atoms in total. The zero-order chi connectivity index (χ0) is 22.2. The van der Waals surface area contributed by atoms with E-state index in [1.807, 2.05) is 67.6 Å². The topological polar surface area (TPSA) is 67.9 Å². The summed E-state index contributed by atoms with van der Waals surface area (Å²) in [5, 5.41) is 0. The van der Waals surface area contributed by atoms with Crippen LogP contribution in [0.4, 0.5) is 4.79 Å². The van der Waals surface area contributed by atoms with Crippen molar-refractivity contribution in [2.24, 2.45) is 11.8 Å². The van der Waals surface area contributed by atoms with E-state index in [9.17, 15) is 9.59 Å². The summed E-state index contributed by atoms with van der Waals surface area (Å²) in [5.74, 6) is -0.321. The molecule has 0 aliphatic carbocycles. The van der Waals surface area contributed by atoms with E-state index in [2.05, 4.69) is 19.3 Å². The first-order valence-corrected chi connectivity index (χ1v) is 10.9. The van der Waals surface area contributed by atoms with E-state index in [0.717, 1.165) is 11.1 Å². The molecule has 6 heteroatoms. The van der Waals surface area contributed by atoms with Gasteiger partial charge in [-0.25, -0.2) is 9.69 Å². The maximum atomic E-state index is 13.5. The molecule has 0 radical (unpaired) electrons. The smallest absolute Gasteiger partial charge is 0.416 e. The second-order valence-corrected chi connectivity index (χ2v) is 8.55. The number of carbonyl (C=O) groups is 2. The Morgan fingerprint density at radius 2 is 1.68 bits per heavy atom. The number of nitrogens with one attached hydrogen (secondary N) is 1. The molecule has 0 spiro atoms. The van der Waals surface area contributed by atoms with Gasteiger partial charge in [0.05, 0.1) is 18.6 Å². The van der Waals surface area contributed by atoms with Crippen molar-refractivity contribution in [2.75, 3.05) is 6.61 Å². The van der Waals surface area contributed by atoms with E-state index in [-0.39, 0.29) is 24.6 Å². The van der Waals surface area contributed by atoms with Crippen LogP contribution in [0.3, 0.4) is 0 Å². The van der Waals surface area contributed by atoms with Gasteiger partial charge in [0.25, 0.3) is 0 Å². The van der Waals surface area contributed by atoms with E-state index < -0.39 is 12.0 Å². The molecule has 1 heterocycles. The van der Waals surface area contributed by atoms with Crippen molar-refractivity contribution in [2.45, 2.75) is 52.3 Å². The highest BCUT2D eigenvalue weighted by Crippen LogP contribution is 2.25. The summed E-state index contributed by atoms with van der Waals surface area (Å²) in [7, 11) is 0. The average molecular weight is 425 g/mol. The number of hydrogen-bond acceptors (Lipinski definition) is 5. The van der Waals surface area contributed by atoms with Gasteiger partial charge in [0.1, 0.15) is 6.61 Å². The molecule has 31 heavy (non-hydrogen) atoms. The molecule has 3 unspecified atom stereocenters. The molecule has 1 aliphatic rings. The Balaban J connectivity index is 1.67. The van der Waals surface area contributed by atoms with Gasteiger partial charge in [0, 0.05) is 6.04 Å². The second kappa shape index (κ2) is 11.1. The first kappa shape index (κ1) is 23.0. The second-order valence-electron chi connectivity index (χ2n) is 8.55. The van der Waals surface area contributed by atoms with Crippen molar-refractivity contribution in [1.29, 1.82) is 0 Å². The molecule has 1 aliphatic heterocycles. The number of imide groups is 1. The maximum absolute atomic E-state index is 13.5. The van der Waals surface area contributed by atoms with Gasteiger partial charge in [-0.05, 0) is 36.8 Å². The zero-order valence-corrected chi connectivity index (χ0v) is 18.5. The van der Waals surface area contributed by atoms with E-state index in [1.165, 1.54) is 4.90 Å². The predicted octanol–water partition coefficient (Wildman–Crippen LogP) is 4.35. The van der Waals surface area contributed by atoms with E-state index in [1.54, 1.807) is 0 Å². The average Bonchev–Trinajstić information content (AvgIpc) is 3.12. The first-order valence-electron chi connectivity index (χ1n) is 10.9. The summed E-state index contributed by atoms with van der Waals surface area (Å²) >= 11 is 0. The number of ether oxygens (including phenoxy) is 1. The molecule has 1 fully saturated rings. The minimum atomic E-state index is -0.558. The highest BCUT2D eigenvalue weighted by Gasteiger charge is 2.42. The molecule has 3 rings (SSSR count). The van der Waals surface area contributed by atoms with Gasteiger partial charge >= 0.3 is 6.09 Å². The quantitative estimate of drug-likeness (QED) is 0.575. The third-order valence-corrected chi connectivity index (χ3v) is 5.51. The summed E-state index contributed by atoms with van der Waals surface area (Å²) in [5.41, 5.74) is 5.13. The van der Waals surface area contributed by atoms with Crippen LogP contribution >= 0.6 is 0 Å². The van der Waals surface area contributed by atoms with Gasteiger partial charge in [-0.1, -0.05) is 74.5 Å². The summed E-state index contributed by atoms with van der Waals surface area (Å²) in [6, 6.07) is 19.1. The van der Waals surface area contributed by atoms with Crippen molar-refractivity contribution in [3.05, 3.63) is 71.8 Å². The highest BCUT2D eigenvalue weighted by atomic mass is 16.6. The molecule has 3 atom stereocenters. The fraction of sp³-hybridized carbons (Fsp3) is 0.440. The monoisotopic (exact) mass is 424 g/mol. The predicted molar refractivity (Wildman–Crippen MR) is 119 cm³/mol. The number of carbonyl (C=O) groups excluding carboxylic acids is 2. The summed E-state index contributed by atoms with van der Waals surface area (Å²) in [4.78, 5) is 32.9. The van der Waals surface area contributed by atoms with Crippen molar-refractivity contribution in [3.63, 3.8) is 0 Å². The summed E-state index contributed by atoms with van der Waals surface area (Å²) in [6.45, 7) is 6.68. The first-order chi connectivity index (χ1) is 15.0. The fourth-order valence-corrected chi connectivity index (χ4v) is 3.89. The molecule has 2 aromatic carbocycles. The molecule has 166 valence electrons. The highest BCUT2D eigenvalue weighted by molar-refractivity contribution is 5.95. The van der Waals surface area contributed by atoms with Crippen LogP contribution in [0, 0.1) is 11.8 Å². The largest absolute Gasteiger partial charge is 0.447 e. The van der Waals surface area contributed by atoms with Gasteiger partial charge < -0.3 is 4.74 Å². The minimum absolute atomic E-state index is 0.208. The van der Waals surface area contributed by atoms with Crippen LogP contribution in [0.2, 0.25) is 0 Å². The Hall–Kier alpha value is -2.70. The lowest BCUT2D eigenvalue weighted by molar-refractivity contribution is -0.137. The van der Waals surface area contributed by atoms with Crippen LogP contribution in [0.5, 0.6) is 0 Å². The van der Waals surface area contributed by atoms with Crippen molar-refractivity contribution in [1.82, 2.24) is 10.4 Å². The van der Waals surface area contributed by atoms with Crippen LogP contribution in [-0.2, 0) is 27.4 Å². The van der Waals surface area contributed by atoms with Gasteiger partial charge in [-0.15, -0.1) is 0 Å². The third kappa shape index (κ3) is 6.39. The number of amides is 2. The third-order valence-electron chi connectivity index (χ3n) is 5.51. The molecule has 1 saturated heterocycles. The van der Waals surface area contributed by atoms with Gasteiger partial charge in [0.2, 0.25) is 5.91 Å². The molecule has 2 aromatic rings. The number of hydrogen-bond donors (Lipinski definition) is 1. The Labute approximate surface area is 184 Å². The summed E-state index contributed by atoms with van der Waals surface area (Å²) < 4.78 is 5.26. The normalized spacial score (nSPS) is 18.1. The lowest BCUT2D eigenvalue weighted by Gasteiger charge is -2.30. The van der Waals surface area contributed by atoms with Crippen LogP contribution in [0.15, 0.2) is 60.7 Å². The number of rotatable bonds is 10. The standard InChI is InChI=1S/C25H32N2O4/c1-18(2)14-23(19(3)26-31-16-21-12-8-5-9-13-21)24(28)27-22(17-30-25(27)29)15-20-10-6-4-7-11-20/h4-13,18-19,22-23,26H,14-17H2,1-3H3. The Kier molecular flexibility index (Phi) is 8.20. The molecule has 2 amide bonds. The van der Waals surface area contributed by atoms with E-state index in [4.69, 9.17) is 9.57 Å². The van der Waals surface area contributed by atoms with Crippen LogP contribution in [0.1, 0.15) is 38.3 Å². The van der Waals surface area contributed by atoms with Crippen LogP contribution < -0.4 is 5.48 Å². The van der Waals surface area contributed by atoms with Crippen LogP contribution in [0.25, 0.3) is 0 Å². The van der Waals surface area contributed by atoms with Gasteiger partial charge in [-0.2, -0.15) is 5.48 Å². The number of cyclic esters (lactones) is 1. The van der Waals surface area contributed by atoms with Crippen molar-refractivity contribution in [3.8, 4) is 0 Å². The lowest BCUT2D eigenvalue weighted by Crippen LogP contribution is -2.49. The SMILES string of the molecule is CC(C)CC(C(=O)N1C(=O)OCC1Cc1ccccc1)C(C)NOCc1ccccc1. The van der Waals surface area contributed by atoms with Crippen LogP contribution in [-0.4, -0.2) is 35.6 Å². The fourth-order valence-electron chi connectivity index (χ4n) is 3.89. The Morgan fingerprint density at radius 1 is 1.06 bits per heavy atom. The van der Waals surface area contributed by atoms with E-state index in [0.29, 0.717) is 25.4 Å². The number of benzene rings is 2.